The lowest BCUT2D eigenvalue weighted by Gasteiger charge is -2.28. The second kappa shape index (κ2) is 8.77. The molecule has 5 heteroatoms. The van der Waals surface area contributed by atoms with E-state index in [2.05, 4.69) is 10.6 Å². The molecule has 2 aliphatic rings. The predicted molar refractivity (Wildman–Crippen MR) is 78.7 cm³/mol. The molecule has 0 saturated carbocycles. The zero-order valence-electron chi connectivity index (χ0n) is 11.8. The molecular weight excluding hydrogens is 264 g/mol. The largest absolute Gasteiger partial charge is 0.382 e. The van der Waals surface area contributed by atoms with Crippen LogP contribution in [0.4, 0.5) is 0 Å². The van der Waals surface area contributed by atoms with Crippen LogP contribution in [0.1, 0.15) is 45.4 Å². The Labute approximate surface area is 122 Å². The van der Waals surface area contributed by atoms with Crippen molar-refractivity contribution in [3.63, 3.8) is 0 Å². The number of hydrogen-bond donors (Lipinski definition) is 2. The molecule has 0 aromatic carbocycles. The predicted octanol–water partition coefficient (Wildman–Crippen LogP) is 1.87. The standard InChI is InChI=1S/C14H26N2O2.ClH/c1-2-18-7-3-6-15-14(17)10-11-8-12-4-5-13(9-11)16-12;/h11-13,16H,2-10H2,1H3,(H,15,17);1H. The van der Waals surface area contributed by atoms with Crippen LogP contribution in [-0.2, 0) is 9.53 Å². The fourth-order valence-corrected chi connectivity index (χ4v) is 3.22. The Morgan fingerprint density at radius 3 is 2.63 bits per heavy atom. The molecule has 2 unspecified atom stereocenters. The van der Waals surface area contributed by atoms with Crippen LogP contribution in [0, 0.1) is 5.92 Å². The number of ether oxygens (including phenoxy) is 1. The average Bonchev–Trinajstić information content (AvgIpc) is 2.68. The fourth-order valence-electron chi connectivity index (χ4n) is 3.22. The van der Waals surface area contributed by atoms with E-state index in [1.54, 1.807) is 0 Å². The van der Waals surface area contributed by atoms with E-state index in [1.807, 2.05) is 6.92 Å². The van der Waals surface area contributed by atoms with Gasteiger partial charge in [0.05, 0.1) is 0 Å². The highest BCUT2D eigenvalue weighted by Crippen LogP contribution is 2.32. The molecule has 0 spiro atoms. The molecule has 1 amide bonds. The topological polar surface area (TPSA) is 50.4 Å². The summed E-state index contributed by atoms with van der Waals surface area (Å²) in [5.41, 5.74) is 0. The van der Waals surface area contributed by atoms with Gasteiger partial charge >= 0.3 is 0 Å². The van der Waals surface area contributed by atoms with Crippen molar-refractivity contribution in [2.24, 2.45) is 5.92 Å². The molecule has 2 heterocycles. The van der Waals surface area contributed by atoms with Crippen LogP contribution in [0.5, 0.6) is 0 Å². The molecule has 0 aromatic rings. The smallest absolute Gasteiger partial charge is 0.220 e. The van der Waals surface area contributed by atoms with Gasteiger partial charge in [-0.05, 0) is 44.9 Å². The van der Waals surface area contributed by atoms with E-state index < -0.39 is 0 Å². The van der Waals surface area contributed by atoms with Gasteiger partial charge in [0.25, 0.3) is 0 Å². The summed E-state index contributed by atoms with van der Waals surface area (Å²) in [6.07, 6.45) is 6.60. The van der Waals surface area contributed by atoms with Crippen LogP contribution in [0.2, 0.25) is 0 Å². The van der Waals surface area contributed by atoms with Crippen LogP contribution in [-0.4, -0.2) is 37.7 Å². The maximum atomic E-state index is 11.8. The fraction of sp³-hybridized carbons (Fsp3) is 0.929. The number of carbonyl (C=O) groups excluding carboxylic acids is 1. The third kappa shape index (κ3) is 5.67. The van der Waals surface area contributed by atoms with Gasteiger partial charge in [-0.15, -0.1) is 12.4 Å². The Morgan fingerprint density at radius 2 is 2.00 bits per heavy atom. The molecule has 2 atom stereocenters. The van der Waals surface area contributed by atoms with Crippen molar-refractivity contribution in [1.82, 2.24) is 10.6 Å². The van der Waals surface area contributed by atoms with Gasteiger partial charge < -0.3 is 15.4 Å². The van der Waals surface area contributed by atoms with Crippen molar-refractivity contribution in [3.8, 4) is 0 Å². The summed E-state index contributed by atoms with van der Waals surface area (Å²) in [5, 5.41) is 6.61. The molecule has 4 nitrogen and oxygen atoms in total. The zero-order chi connectivity index (χ0) is 12.8. The normalized spacial score (nSPS) is 28.8. The molecule has 19 heavy (non-hydrogen) atoms. The van der Waals surface area contributed by atoms with E-state index in [0.29, 0.717) is 24.4 Å². The van der Waals surface area contributed by atoms with Crippen molar-refractivity contribution < 1.29 is 9.53 Å². The lowest BCUT2D eigenvalue weighted by molar-refractivity contribution is -0.122. The lowest BCUT2D eigenvalue weighted by atomic mass is 9.89. The summed E-state index contributed by atoms with van der Waals surface area (Å²) in [6, 6.07) is 1.36. The number of piperidine rings is 1. The first-order valence-electron chi connectivity index (χ1n) is 7.38. The van der Waals surface area contributed by atoms with Crippen LogP contribution < -0.4 is 10.6 Å². The first-order valence-corrected chi connectivity index (χ1v) is 7.38. The van der Waals surface area contributed by atoms with Crippen molar-refractivity contribution in [2.75, 3.05) is 19.8 Å². The number of halogens is 1. The molecule has 0 radical (unpaired) electrons. The minimum Gasteiger partial charge on any atom is -0.382 e. The Hall–Kier alpha value is -0.320. The Morgan fingerprint density at radius 1 is 1.32 bits per heavy atom. The minimum absolute atomic E-state index is 0. The van der Waals surface area contributed by atoms with Gasteiger partial charge in [-0.3, -0.25) is 4.79 Å². The Bertz CT molecular complexity index is 264. The summed E-state index contributed by atoms with van der Waals surface area (Å²) < 4.78 is 5.24. The number of amides is 1. The van der Waals surface area contributed by atoms with E-state index in [-0.39, 0.29) is 18.3 Å². The second-order valence-corrected chi connectivity index (χ2v) is 5.58. The first-order chi connectivity index (χ1) is 8.78. The number of hydrogen-bond acceptors (Lipinski definition) is 3. The number of fused-ring (bicyclic) bond motifs is 2. The molecule has 2 saturated heterocycles. The Kier molecular flexibility index (Phi) is 7.73. The van der Waals surface area contributed by atoms with Gasteiger partial charge in [0.15, 0.2) is 0 Å². The average molecular weight is 291 g/mol. The third-order valence-corrected chi connectivity index (χ3v) is 4.04. The number of carbonyl (C=O) groups is 1. The van der Waals surface area contributed by atoms with Crippen molar-refractivity contribution in [2.45, 2.75) is 57.5 Å². The molecule has 112 valence electrons. The van der Waals surface area contributed by atoms with E-state index in [0.717, 1.165) is 26.2 Å². The van der Waals surface area contributed by atoms with Crippen LogP contribution in [0.25, 0.3) is 0 Å². The molecule has 2 fully saturated rings. The third-order valence-electron chi connectivity index (χ3n) is 4.04. The monoisotopic (exact) mass is 290 g/mol. The summed E-state index contributed by atoms with van der Waals surface area (Å²) in [6.45, 7) is 4.24. The summed E-state index contributed by atoms with van der Waals surface area (Å²) in [4.78, 5) is 11.8. The van der Waals surface area contributed by atoms with Crippen LogP contribution >= 0.6 is 12.4 Å². The van der Waals surface area contributed by atoms with Gasteiger partial charge in [0.1, 0.15) is 0 Å². The molecule has 2 N–H and O–H groups in total. The SMILES string of the molecule is CCOCCCNC(=O)CC1CC2CCC(C1)N2.Cl. The highest BCUT2D eigenvalue weighted by Gasteiger charge is 2.33. The second-order valence-electron chi connectivity index (χ2n) is 5.58. The van der Waals surface area contributed by atoms with Crippen molar-refractivity contribution in [3.05, 3.63) is 0 Å². The molecule has 2 bridgehead atoms. The van der Waals surface area contributed by atoms with Gasteiger partial charge in [0, 0.05) is 38.3 Å². The quantitative estimate of drug-likeness (QED) is 0.704. The molecule has 2 aliphatic heterocycles. The number of rotatable bonds is 7. The zero-order valence-corrected chi connectivity index (χ0v) is 12.6. The van der Waals surface area contributed by atoms with Crippen molar-refractivity contribution >= 4 is 18.3 Å². The molecule has 0 aliphatic carbocycles. The molecule has 0 aromatic heterocycles. The van der Waals surface area contributed by atoms with E-state index >= 15 is 0 Å². The summed E-state index contributed by atoms with van der Waals surface area (Å²) >= 11 is 0. The van der Waals surface area contributed by atoms with Crippen LogP contribution in [0.15, 0.2) is 0 Å². The molecular formula is C14H27ClN2O2. The Balaban J connectivity index is 0.00000180. The van der Waals surface area contributed by atoms with E-state index in [4.69, 9.17) is 4.74 Å². The van der Waals surface area contributed by atoms with Gasteiger partial charge in [-0.25, -0.2) is 0 Å². The highest BCUT2D eigenvalue weighted by atomic mass is 35.5. The first kappa shape index (κ1) is 16.7. The molecule has 2 rings (SSSR count). The maximum Gasteiger partial charge on any atom is 0.220 e. The highest BCUT2D eigenvalue weighted by molar-refractivity contribution is 5.85. The number of nitrogens with one attached hydrogen (secondary N) is 2. The van der Waals surface area contributed by atoms with Gasteiger partial charge in [0.2, 0.25) is 5.91 Å². The van der Waals surface area contributed by atoms with Crippen LogP contribution in [0.3, 0.4) is 0 Å². The maximum absolute atomic E-state index is 11.8. The van der Waals surface area contributed by atoms with E-state index in [9.17, 15) is 4.79 Å². The van der Waals surface area contributed by atoms with Gasteiger partial charge in [-0.1, -0.05) is 0 Å². The summed E-state index contributed by atoms with van der Waals surface area (Å²) in [5.74, 6) is 0.813. The summed E-state index contributed by atoms with van der Waals surface area (Å²) in [7, 11) is 0. The lowest BCUT2D eigenvalue weighted by Crippen LogP contribution is -2.39. The van der Waals surface area contributed by atoms with Gasteiger partial charge in [-0.2, -0.15) is 0 Å². The minimum atomic E-state index is 0. The van der Waals surface area contributed by atoms with Crippen molar-refractivity contribution in [1.29, 1.82) is 0 Å². The van der Waals surface area contributed by atoms with E-state index in [1.165, 1.54) is 25.7 Å².